The molecule has 0 unspecified atom stereocenters. The summed E-state index contributed by atoms with van der Waals surface area (Å²) < 4.78 is 16.2. The molecule has 0 aliphatic carbocycles. The van der Waals surface area contributed by atoms with E-state index in [9.17, 15) is 0 Å². The van der Waals surface area contributed by atoms with Crippen LogP contribution in [-0.2, 0) is 15.7 Å². The van der Waals surface area contributed by atoms with Crippen molar-refractivity contribution in [2.45, 2.75) is 52.7 Å². The predicted octanol–water partition coefficient (Wildman–Crippen LogP) is 4.60. The zero-order chi connectivity index (χ0) is 22.6. The quantitative estimate of drug-likeness (QED) is 0.221. The van der Waals surface area contributed by atoms with Crippen LogP contribution in [0.2, 0.25) is 0 Å². The van der Waals surface area contributed by atoms with Gasteiger partial charge >= 0.3 is 189 Å². The van der Waals surface area contributed by atoms with Crippen LogP contribution in [0.25, 0.3) is 0 Å². The van der Waals surface area contributed by atoms with Crippen molar-refractivity contribution in [1.29, 1.82) is 0 Å². The standard InChI is InChI=1S/3C6H5.2C4H10O2.Bi/c3*1-2-4-6-5-3-1;2*1-4(2,3)6-5;/h3*1-5H;2*5H,1-3H3;/q;;;;;+2/p-2. The summed E-state index contributed by atoms with van der Waals surface area (Å²) in [7, 11) is 0. The van der Waals surface area contributed by atoms with E-state index in [2.05, 4.69) is 0 Å². The second kappa shape index (κ2) is 9.09. The Bertz CT molecular complexity index is 840. The Labute approximate surface area is 188 Å². The Kier molecular flexibility index (Phi) is 7.05. The number of benzene rings is 3. The molecule has 31 heavy (non-hydrogen) atoms. The van der Waals surface area contributed by atoms with Crippen molar-refractivity contribution >= 4 is 29.5 Å². The van der Waals surface area contributed by atoms with Gasteiger partial charge in [0.1, 0.15) is 0 Å². The first-order valence-electron chi connectivity index (χ1n) is 10.5. The number of hydrogen-bond acceptors (Lipinski definition) is 4. The fourth-order valence-electron chi connectivity index (χ4n) is 3.18. The van der Waals surface area contributed by atoms with Crippen molar-refractivity contribution in [2.24, 2.45) is 0 Å². The van der Waals surface area contributed by atoms with E-state index >= 15 is 0 Å². The average molecular weight is 619 g/mol. The molecule has 3 aromatic rings. The molecular formula is C26H33BiO4. The van der Waals surface area contributed by atoms with Crippen molar-refractivity contribution in [3.63, 3.8) is 0 Å². The van der Waals surface area contributed by atoms with Gasteiger partial charge in [-0.15, -0.1) is 0 Å². The summed E-state index contributed by atoms with van der Waals surface area (Å²) in [5.41, 5.74) is -1.11. The molecule has 3 rings (SSSR count). The third-order valence-electron chi connectivity index (χ3n) is 4.53. The summed E-state index contributed by atoms with van der Waals surface area (Å²) in [6.45, 7) is 11.8. The number of rotatable bonds is 7. The normalized spacial score (nSPS) is 14.1. The Morgan fingerprint density at radius 1 is 0.452 bits per heavy atom. The first-order valence-corrected chi connectivity index (χ1v) is 18.6. The van der Waals surface area contributed by atoms with E-state index in [1.54, 1.807) is 0 Å². The Morgan fingerprint density at radius 3 is 0.935 bits per heavy atom. The molecule has 0 bridgehead atoms. The van der Waals surface area contributed by atoms with E-state index in [1.165, 1.54) is 0 Å². The van der Waals surface area contributed by atoms with E-state index in [0.29, 0.717) is 0 Å². The Hall–Kier alpha value is -1.62. The fourth-order valence-corrected chi connectivity index (χ4v) is 19.9. The van der Waals surface area contributed by atoms with Crippen molar-refractivity contribution in [3.05, 3.63) is 91.0 Å². The molecule has 0 aliphatic heterocycles. The van der Waals surface area contributed by atoms with Crippen molar-refractivity contribution < 1.29 is 15.7 Å². The second-order valence-corrected chi connectivity index (χ2v) is 24.1. The topological polar surface area (TPSA) is 36.9 Å². The van der Waals surface area contributed by atoms with Crippen LogP contribution < -0.4 is 9.81 Å². The van der Waals surface area contributed by atoms with Gasteiger partial charge in [0.05, 0.1) is 0 Å². The first kappa shape index (κ1) is 24.0. The molecule has 0 fully saturated rings. The molecule has 0 N–H and O–H groups in total. The monoisotopic (exact) mass is 618 g/mol. The van der Waals surface area contributed by atoms with Crippen LogP contribution in [0.3, 0.4) is 0 Å². The first-order chi connectivity index (χ1) is 14.6. The minimum absolute atomic E-state index is 0.556. The van der Waals surface area contributed by atoms with E-state index < -0.39 is 30.9 Å². The summed E-state index contributed by atoms with van der Waals surface area (Å²) in [5, 5.41) is 0. The predicted molar refractivity (Wildman–Crippen MR) is 128 cm³/mol. The molecular weight excluding hydrogens is 585 g/mol. The van der Waals surface area contributed by atoms with Gasteiger partial charge in [-0.3, -0.25) is 0 Å². The summed E-state index contributed by atoms with van der Waals surface area (Å²) in [6, 6.07) is 30.2. The van der Waals surface area contributed by atoms with E-state index in [-0.39, 0.29) is 0 Å². The summed E-state index contributed by atoms with van der Waals surface area (Å²) in [6.07, 6.45) is 0. The maximum atomic E-state index is 6.70. The van der Waals surface area contributed by atoms with E-state index in [1.807, 2.05) is 133 Å². The average Bonchev–Trinajstić information content (AvgIpc) is 2.75. The van der Waals surface area contributed by atoms with Crippen molar-refractivity contribution in [2.75, 3.05) is 0 Å². The molecule has 0 aliphatic rings. The van der Waals surface area contributed by atoms with Gasteiger partial charge in [-0.05, 0) is 0 Å². The molecule has 0 spiro atoms. The molecule has 5 heteroatoms. The summed E-state index contributed by atoms with van der Waals surface area (Å²) >= 11 is -5.49. The van der Waals surface area contributed by atoms with E-state index in [4.69, 9.17) is 15.7 Å². The van der Waals surface area contributed by atoms with Gasteiger partial charge in [-0.25, -0.2) is 0 Å². The van der Waals surface area contributed by atoms with Gasteiger partial charge in [0, 0.05) is 0 Å². The van der Waals surface area contributed by atoms with Crippen molar-refractivity contribution in [1.82, 2.24) is 0 Å². The summed E-state index contributed by atoms with van der Waals surface area (Å²) in [5.74, 6) is 0. The summed E-state index contributed by atoms with van der Waals surface area (Å²) in [4.78, 5) is 12.2. The molecule has 0 heterocycles. The minimum atomic E-state index is -5.49. The van der Waals surface area contributed by atoms with E-state index in [0.717, 1.165) is 9.81 Å². The molecule has 4 nitrogen and oxygen atoms in total. The molecule has 0 saturated heterocycles. The maximum absolute atomic E-state index is 6.70. The fraction of sp³-hybridized carbons (Fsp3) is 0.308. The van der Waals surface area contributed by atoms with Gasteiger partial charge < -0.3 is 0 Å². The van der Waals surface area contributed by atoms with Gasteiger partial charge in [0.15, 0.2) is 0 Å². The Morgan fingerprint density at radius 2 is 0.710 bits per heavy atom. The zero-order valence-electron chi connectivity index (χ0n) is 19.2. The molecule has 0 amide bonds. The van der Waals surface area contributed by atoms with Crippen molar-refractivity contribution in [3.8, 4) is 0 Å². The van der Waals surface area contributed by atoms with Gasteiger partial charge in [-0.2, -0.15) is 0 Å². The molecule has 0 radical (unpaired) electrons. The van der Waals surface area contributed by atoms with Crippen LogP contribution in [0.4, 0.5) is 0 Å². The molecule has 0 saturated carbocycles. The second-order valence-electron chi connectivity index (χ2n) is 9.50. The Balaban J connectivity index is 2.44. The molecule has 166 valence electrons. The van der Waals surface area contributed by atoms with Crippen LogP contribution in [-0.4, -0.2) is 30.9 Å². The van der Waals surface area contributed by atoms with Crippen LogP contribution in [0, 0.1) is 0 Å². The van der Waals surface area contributed by atoms with Crippen LogP contribution >= 0.6 is 0 Å². The number of hydrogen-bond donors (Lipinski definition) is 0. The van der Waals surface area contributed by atoms with Crippen LogP contribution in [0.1, 0.15) is 41.5 Å². The molecule has 0 atom stereocenters. The van der Waals surface area contributed by atoms with Gasteiger partial charge in [-0.1, -0.05) is 0 Å². The third-order valence-corrected chi connectivity index (χ3v) is 21.7. The van der Waals surface area contributed by atoms with Crippen LogP contribution in [0.5, 0.6) is 0 Å². The zero-order valence-corrected chi connectivity index (χ0v) is 22.7. The molecule has 3 aromatic carbocycles. The molecule has 0 aromatic heterocycles. The van der Waals surface area contributed by atoms with Gasteiger partial charge in [0.25, 0.3) is 0 Å². The van der Waals surface area contributed by atoms with Gasteiger partial charge in [0.2, 0.25) is 0 Å². The van der Waals surface area contributed by atoms with Crippen LogP contribution in [0.15, 0.2) is 91.0 Å². The third kappa shape index (κ3) is 5.08. The SMILES string of the molecule is CC(C)(C)O[O][Bi]([O]OC(C)(C)C)([c]1ccccc1)([c]1ccccc1)[c]1ccccc1.